The van der Waals surface area contributed by atoms with E-state index in [1.165, 1.54) is 6.07 Å². The van der Waals surface area contributed by atoms with Crippen LogP contribution in [0.5, 0.6) is 0 Å². The fraction of sp³-hybridized carbons (Fsp3) is 0.600. The van der Waals surface area contributed by atoms with Crippen molar-refractivity contribution in [2.75, 3.05) is 24.6 Å². The average Bonchev–Trinajstić information content (AvgIpc) is 2.39. The predicted octanol–water partition coefficient (Wildman–Crippen LogP) is 2.44. The SMILES string of the molecule is C[C@@H](N)c1cccc(F)c1N1CCCC(CCO)C1. The second-order valence-electron chi connectivity index (χ2n) is 5.43. The standard InChI is InChI=1S/C15H23FN2O/c1-11(17)13-5-2-6-14(16)15(13)18-8-3-4-12(10-18)7-9-19/h2,5-6,11-12,19H,3-4,7-10,17H2,1H3/t11-,12?/m1/s1. The van der Waals surface area contributed by atoms with Gasteiger partial charge in [0.15, 0.2) is 0 Å². The summed E-state index contributed by atoms with van der Waals surface area (Å²) in [5.74, 6) is 0.249. The first-order chi connectivity index (χ1) is 9.13. The summed E-state index contributed by atoms with van der Waals surface area (Å²) in [4.78, 5) is 2.10. The fourth-order valence-corrected chi connectivity index (χ4v) is 2.92. The highest BCUT2D eigenvalue weighted by atomic mass is 19.1. The van der Waals surface area contributed by atoms with Gasteiger partial charge in [-0.05, 0) is 43.7 Å². The lowest BCUT2D eigenvalue weighted by Crippen LogP contribution is -2.37. The Kier molecular flexibility index (Phi) is 4.77. The van der Waals surface area contributed by atoms with Crippen molar-refractivity contribution in [3.05, 3.63) is 29.6 Å². The number of aliphatic hydroxyl groups is 1. The summed E-state index contributed by atoms with van der Waals surface area (Å²) in [6, 6.07) is 4.94. The lowest BCUT2D eigenvalue weighted by atomic mass is 9.93. The molecule has 19 heavy (non-hydrogen) atoms. The van der Waals surface area contributed by atoms with E-state index in [4.69, 9.17) is 10.8 Å². The van der Waals surface area contributed by atoms with Gasteiger partial charge in [-0.15, -0.1) is 0 Å². The minimum Gasteiger partial charge on any atom is -0.396 e. The van der Waals surface area contributed by atoms with Crippen LogP contribution in [-0.4, -0.2) is 24.8 Å². The Bertz CT molecular complexity index is 421. The molecule has 2 atom stereocenters. The molecule has 0 amide bonds. The molecule has 4 heteroatoms. The van der Waals surface area contributed by atoms with Gasteiger partial charge >= 0.3 is 0 Å². The number of benzene rings is 1. The van der Waals surface area contributed by atoms with E-state index in [1.807, 2.05) is 13.0 Å². The zero-order chi connectivity index (χ0) is 13.8. The van der Waals surface area contributed by atoms with Gasteiger partial charge in [0.25, 0.3) is 0 Å². The largest absolute Gasteiger partial charge is 0.396 e. The Labute approximate surface area is 114 Å². The van der Waals surface area contributed by atoms with Crippen molar-refractivity contribution in [1.82, 2.24) is 0 Å². The average molecular weight is 266 g/mol. The highest BCUT2D eigenvalue weighted by molar-refractivity contribution is 5.56. The van der Waals surface area contributed by atoms with Crippen LogP contribution >= 0.6 is 0 Å². The molecule has 2 rings (SSSR count). The molecule has 1 fully saturated rings. The van der Waals surface area contributed by atoms with Crippen LogP contribution in [-0.2, 0) is 0 Å². The van der Waals surface area contributed by atoms with Crippen LogP contribution in [0.3, 0.4) is 0 Å². The van der Waals surface area contributed by atoms with E-state index in [1.54, 1.807) is 6.07 Å². The highest BCUT2D eigenvalue weighted by Gasteiger charge is 2.24. The van der Waals surface area contributed by atoms with Gasteiger partial charge in [-0.1, -0.05) is 12.1 Å². The molecule has 1 aromatic rings. The van der Waals surface area contributed by atoms with Crippen molar-refractivity contribution in [3.8, 4) is 0 Å². The Balaban J connectivity index is 2.25. The molecule has 0 aliphatic carbocycles. The molecule has 1 aliphatic rings. The fourth-order valence-electron chi connectivity index (χ4n) is 2.92. The molecule has 1 heterocycles. The second kappa shape index (κ2) is 6.35. The molecule has 1 saturated heterocycles. The van der Waals surface area contributed by atoms with Crippen molar-refractivity contribution in [2.45, 2.75) is 32.2 Å². The third-order valence-electron chi connectivity index (χ3n) is 3.88. The van der Waals surface area contributed by atoms with E-state index >= 15 is 0 Å². The van der Waals surface area contributed by atoms with Crippen LogP contribution in [0.2, 0.25) is 0 Å². The monoisotopic (exact) mass is 266 g/mol. The van der Waals surface area contributed by atoms with Crippen molar-refractivity contribution in [3.63, 3.8) is 0 Å². The first kappa shape index (κ1) is 14.3. The first-order valence-electron chi connectivity index (χ1n) is 7.03. The summed E-state index contributed by atoms with van der Waals surface area (Å²) in [6.07, 6.45) is 2.94. The van der Waals surface area contributed by atoms with Crippen molar-refractivity contribution >= 4 is 5.69 Å². The quantitative estimate of drug-likeness (QED) is 0.880. The molecule has 106 valence electrons. The summed E-state index contributed by atoms with van der Waals surface area (Å²) in [5.41, 5.74) is 7.47. The molecule has 3 N–H and O–H groups in total. The van der Waals surface area contributed by atoms with E-state index in [-0.39, 0.29) is 18.5 Å². The van der Waals surface area contributed by atoms with Crippen molar-refractivity contribution in [1.29, 1.82) is 0 Å². The Hall–Kier alpha value is -1.13. The molecule has 1 aromatic carbocycles. The molecule has 3 nitrogen and oxygen atoms in total. The summed E-state index contributed by atoms with van der Waals surface area (Å²) in [6.45, 7) is 3.76. The van der Waals surface area contributed by atoms with Gasteiger partial charge < -0.3 is 15.7 Å². The minimum atomic E-state index is -0.195. The highest BCUT2D eigenvalue weighted by Crippen LogP contribution is 2.32. The Morgan fingerprint density at radius 3 is 3.00 bits per heavy atom. The molecule has 0 spiro atoms. The van der Waals surface area contributed by atoms with Gasteiger partial charge in [-0.2, -0.15) is 0 Å². The second-order valence-corrected chi connectivity index (χ2v) is 5.43. The summed E-state index contributed by atoms with van der Waals surface area (Å²) >= 11 is 0. The predicted molar refractivity (Wildman–Crippen MR) is 75.6 cm³/mol. The Morgan fingerprint density at radius 2 is 2.32 bits per heavy atom. The first-order valence-corrected chi connectivity index (χ1v) is 7.03. The van der Waals surface area contributed by atoms with E-state index in [2.05, 4.69) is 4.90 Å². The van der Waals surface area contributed by atoms with Crippen LogP contribution in [0, 0.1) is 11.7 Å². The number of aliphatic hydroxyl groups excluding tert-OH is 1. The van der Waals surface area contributed by atoms with Gasteiger partial charge in [0, 0.05) is 25.7 Å². The molecular weight excluding hydrogens is 243 g/mol. The number of rotatable bonds is 4. The van der Waals surface area contributed by atoms with E-state index in [9.17, 15) is 4.39 Å². The number of anilines is 1. The number of hydrogen-bond acceptors (Lipinski definition) is 3. The third-order valence-corrected chi connectivity index (χ3v) is 3.88. The summed E-state index contributed by atoms with van der Waals surface area (Å²) in [7, 11) is 0. The summed E-state index contributed by atoms with van der Waals surface area (Å²) < 4.78 is 14.2. The summed E-state index contributed by atoms with van der Waals surface area (Å²) in [5, 5.41) is 9.06. The number of piperidine rings is 1. The number of para-hydroxylation sites is 1. The lowest BCUT2D eigenvalue weighted by molar-refractivity contribution is 0.244. The smallest absolute Gasteiger partial charge is 0.146 e. The number of nitrogens with two attached hydrogens (primary N) is 1. The maximum absolute atomic E-state index is 14.2. The normalized spacial score (nSPS) is 21.5. The van der Waals surface area contributed by atoms with Crippen LogP contribution in [0.4, 0.5) is 10.1 Å². The minimum absolute atomic E-state index is 0.177. The number of halogens is 1. The van der Waals surface area contributed by atoms with Crippen LogP contribution in [0.25, 0.3) is 0 Å². The molecule has 1 unspecified atom stereocenters. The maximum Gasteiger partial charge on any atom is 0.146 e. The molecular formula is C15H23FN2O. The molecule has 0 radical (unpaired) electrons. The molecule has 0 aromatic heterocycles. The third kappa shape index (κ3) is 3.25. The molecule has 1 aliphatic heterocycles. The zero-order valence-electron chi connectivity index (χ0n) is 11.5. The topological polar surface area (TPSA) is 49.5 Å². The van der Waals surface area contributed by atoms with E-state index in [0.29, 0.717) is 11.6 Å². The maximum atomic E-state index is 14.2. The van der Waals surface area contributed by atoms with Crippen LogP contribution in [0.15, 0.2) is 18.2 Å². The Morgan fingerprint density at radius 1 is 1.53 bits per heavy atom. The lowest BCUT2D eigenvalue weighted by Gasteiger charge is -2.36. The van der Waals surface area contributed by atoms with Gasteiger partial charge in [0.2, 0.25) is 0 Å². The van der Waals surface area contributed by atoms with Crippen LogP contribution < -0.4 is 10.6 Å². The van der Waals surface area contributed by atoms with Crippen LogP contribution in [0.1, 0.15) is 37.8 Å². The van der Waals surface area contributed by atoms with Gasteiger partial charge in [0.05, 0.1) is 5.69 Å². The molecule has 0 saturated carbocycles. The number of hydrogen-bond donors (Lipinski definition) is 2. The zero-order valence-corrected chi connectivity index (χ0v) is 11.5. The van der Waals surface area contributed by atoms with Gasteiger partial charge in [-0.25, -0.2) is 4.39 Å². The number of nitrogens with zero attached hydrogens (tertiary/aromatic N) is 1. The van der Waals surface area contributed by atoms with Crippen molar-refractivity contribution < 1.29 is 9.50 Å². The van der Waals surface area contributed by atoms with Crippen molar-refractivity contribution in [2.24, 2.45) is 11.7 Å². The van der Waals surface area contributed by atoms with Gasteiger partial charge in [-0.3, -0.25) is 0 Å². The molecule has 0 bridgehead atoms. The van der Waals surface area contributed by atoms with E-state index in [0.717, 1.165) is 37.9 Å². The van der Waals surface area contributed by atoms with Gasteiger partial charge in [0.1, 0.15) is 5.82 Å². The van der Waals surface area contributed by atoms with E-state index < -0.39 is 0 Å².